The Balaban J connectivity index is 1.96. The van der Waals surface area contributed by atoms with Gasteiger partial charge >= 0.3 is 0 Å². The highest BCUT2D eigenvalue weighted by Crippen LogP contribution is 2.27. The van der Waals surface area contributed by atoms with Crippen molar-refractivity contribution in [3.63, 3.8) is 0 Å². The highest BCUT2D eigenvalue weighted by atomic mass is 32.2. The normalized spacial score (nSPS) is 12.0. The smallest absolute Gasteiger partial charge is 0.264 e. The SMILES string of the molecule is COc1cccc(N(CC(=O)N(CCc2ccccc2)[C@@H](C)C(=O)NCC(C)C)S(=O)(=O)c2ccccc2)c1. The van der Waals surface area contributed by atoms with Crippen LogP contribution in [0.15, 0.2) is 89.8 Å². The lowest BCUT2D eigenvalue weighted by Crippen LogP contribution is -2.52. The van der Waals surface area contributed by atoms with Crippen LogP contribution in [0.5, 0.6) is 5.75 Å². The molecular weight excluding hydrogens is 514 g/mol. The Labute approximate surface area is 231 Å². The van der Waals surface area contributed by atoms with Gasteiger partial charge in [-0.3, -0.25) is 13.9 Å². The van der Waals surface area contributed by atoms with Crippen molar-refractivity contribution in [2.45, 2.75) is 38.1 Å². The molecule has 0 saturated heterocycles. The van der Waals surface area contributed by atoms with E-state index in [4.69, 9.17) is 4.74 Å². The Bertz CT molecular complexity index is 1330. The van der Waals surface area contributed by atoms with Crippen LogP contribution in [0.2, 0.25) is 0 Å². The van der Waals surface area contributed by atoms with Crippen molar-refractivity contribution in [2.24, 2.45) is 5.92 Å². The quantitative estimate of drug-likeness (QED) is 0.345. The average molecular weight is 552 g/mol. The maximum absolute atomic E-state index is 13.9. The van der Waals surface area contributed by atoms with Crippen molar-refractivity contribution in [3.05, 3.63) is 90.5 Å². The lowest BCUT2D eigenvalue weighted by atomic mass is 10.1. The summed E-state index contributed by atoms with van der Waals surface area (Å²) in [4.78, 5) is 28.4. The summed E-state index contributed by atoms with van der Waals surface area (Å²) in [6.45, 7) is 5.88. The van der Waals surface area contributed by atoms with E-state index in [0.717, 1.165) is 9.87 Å². The maximum Gasteiger partial charge on any atom is 0.264 e. The molecule has 0 unspecified atom stereocenters. The van der Waals surface area contributed by atoms with Crippen molar-refractivity contribution in [3.8, 4) is 5.75 Å². The summed E-state index contributed by atoms with van der Waals surface area (Å²) in [7, 11) is -2.62. The summed E-state index contributed by atoms with van der Waals surface area (Å²) in [6.07, 6.45) is 0.513. The minimum absolute atomic E-state index is 0.0548. The van der Waals surface area contributed by atoms with Crippen LogP contribution in [0.3, 0.4) is 0 Å². The molecule has 8 nitrogen and oxygen atoms in total. The molecule has 1 N–H and O–H groups in total. The summed E-state index contributed by atoms with van der Waals surface area (Å²) in [5.41, 5.74) is 1.29. The fourth-order valence-electron chi connectivity index (χ4n) is 4.04. The van der Waals surface area contributed by atoms with Crippen molar-refractivity contribution in [1.82, 2.24) is 10.2 Å². The van der Waals surface area contributed by atoms with E-state index in [2.05, 4.69) is 5.32 Å². The van der Waals surface area contributed by atoms with Gasteiger partial charge < -0.3 is 15.0 Å². The van der Waals surface area contributed by atoms with Gasteiger partial charge in [-0.2, -0.15) is 0 Å². The number of hydrogen-bond acceptors (Lipinski definition) is 5. The largest absolute Gasteiger partial charge is 0.497 e. The van der Waals surface area contributed by atoms with Gasteiger partial charge in [-0.05, 0) is 49.1 Å². The molecule has 3 aromatic rings. The highest BCUT2D eigenvalue weighted by molar-refractivity contribution is 7.92. The number of nitrogens with zero attached hydrogens (tertiary/aromatic N) is 2. The molecule has 0 aliphatic rings. The molecule has 208 valence electrons. The predicted octanol–water partition coefficient (Wildman–Crippen LogP) is 4.12. The monoisotopic (exact) mass is 551 g/mol. The Morgan fingerprint density at radius 1 is 0.897 bits per heavy atom. The van der Waals surface area contributed by atoms with Crippen LogP contribution in [-0.2, 0) is 26.0 Å². The molecule has 0 spiro atoms. The van der Waals surface area contributed by atoms with E-state index in [0.29, 0.717) is 18.7 Å². The first-order valence-electron chi connectivity index (χ1n) is 13.0. The molecule has 39 heavy (non-hydrogen) atoms. The van der Waals surface area contributed by atoms with Crippen LogP contribution in [0.4, 0.5) is 5.69 Å². The van der Waals surface area contributed by atoms with Crippen LogP contribution >= 0.6 is 0 Å². The summed E-state index contributed by atoms with van der Waals surface area (Å²) in [5.74, 6) is -0.0748. The molecule has 0 heterocycles. The molecule has 0 saturated carbocycles. The molecule has 1 atom stereocenters. The summed E-state index contributed by atoms with van der Waals surface area (Å²) >= 11 is 0. The predicted molar refractivity (Wildman–Crippen MR) is 153 cm³/mol. The number of amides is 2. The number of carbonyl (C=O) groups excluding carboxylic acids is 2. The maximum atomic E-state index is 13.9. The van der Waals surface area contributed by atoms with Gasteiger partial charge in [0, 0.05) is 19.2 Å². The number of nitrogens with one attached hydrogen (secondary N) is 1. The van der Waals surface area contributed by atoms with Gasteiger partial charge in [0.05, 0.1) is 17.7 Å². The number of sulfonamides is 1. The lowest BCUT2D eigenvalue weighted by Gasteiger charge is -2.32. The van der Waals surface area contributed by atoms with Gasteiger partial charge in [0.25, 0.3) is 10.0 Å². The second-order valence-corrected chi connectivity index (χ2v) is 11.5. The van der Waals surface area contributed by atoms with E-state index in [1.807, 2.05) is 44.2 Å². The summed E-state index contributed by atoms with van der Waals surface area (Å²) < 4.78 is 34.0. The fraction of sp³-hybridized carbons (Fsp3) is 0.333. The van der Waals surface area contributed by atoms with Crippen LogP contribution in [-0.4, -0.2) is 57.9 Å². The third-order valence-electron chi connectivity index (χ3n) is 6.29. The molecule has 0 aliphatic heterocycles. The van der Waals surface area contributed by atoms with Crippen molar-refractivity contribution < 1.29 is 22.7 Å². The zero-order valence-corrected chi connectivity index (χ0v) is 23.7. The minimum atomic E-state index is -4.11. The van der Waals surface area contributed by atoms with E-state index in [9.17, 15) is 18.0 Å². The van der Waals surface area contributed by atoms with Gasteiger partial charge in [-0.15, -0.1) is 0 Å². The molecule has 2 amide bonds. The van der Waals surface area contributed by atoms with Crippen molar-refractivity contribution >= 4 is 27.5 Å². The van der Waals surface area contributed by atoms with Gasteiger partial charge in [0.15, 0.2) is 0 Å². The fourth-order valence-corrected chi connectivity index (χ4v) is 5.46. The van der Waals surface area contributed by atoms with Gasteiger partial charge in [0.2, 0.25) is 11.8 Å². The van der Waals surface area contributed by atoms with Crippen LogP contribution < -0.4 is 14.4 Å². The van der Waals surface area contributed by atoms with Crippen molar-refractivity contribution in [1.29, 1.82) is 0 Å². The first-order chi connectivity index (χ1) is 18.6. The number of rotatable bonds is 13. The van der Waals surface area contributed by atoms with Gasteiger partial charge in [-0.25, -0.2) is 8.42 Å². The first-order valence-corrected chi connectivity index (χ1v) is 14.4. The highest BCUT2D eigenvalue weighted by Gasteiger charge is 2.32. The zero-order chi connectivity index (χ0) is 28.4. The molecule has 9 heteroatoms. The van der Waals surface area contributed by atoms with Crippen LogP contribution in [0.25, 0.3) is 0 Å². The van der Waals surface area contributed by atoms with Gasteiger partial charge in [-0.1, -0.05) is 68.4 Å². The third-order valence-corrected chi connectivity index (χ3v) is 8.08. The number of carbonyl (C=O) groups is 2. The number of methoxy groups -OCH3 is 1. The number of ether oxygens (including phenoxy) is 1. The Hall–Kier alpha value is -3.85. The van der Waals surface area contributed by atoms with Crippen LogP contribution in [0, 0.1) is 5.92 Å². The second kappa shape index (κ2) is 13.8. The van der Waals surface area contributed by atoms with E-state index >= 15 is 0 Å². The Morgan fingerprint density at radius 2 is 1.54 bits per heavy atom. The van der Waals surface area contributed by atoms with Crippen LogP contribution in [0.1, 0.15) is 26.3 Å². The van der Waals surface area contributed by atoms with E-state index < -0.39 is 28.5 Å². The standard InChI is InChI=1S/C30H37N3O5S/c1-23(2)21-31-30(35)24(3)32(19-18-25-12-7-5-8-13-25)29(34)22-33(26-14-11-15-27(20-26)38-4)39(36,37)28-16-9-6-10-17-28/h5-17,20,23-24H,18-19,21-22H2,1-4H3,(H,31,35)/t24-/m0/s1. The summed E-state index contributed by atoms with van der Waals surface area (Å²) in [6, 6.07) is 23.4. The van der Waals surface area contributed by atoms with E-state index in [1.54, 1.807) is 49.4 Å². The Morgan fingerprint density at radius 3 is 2.15 bits per heavy atom. The summed E-state index contributed by atoms with van der Waals surface area (Å²) in [5, 5.41) is 2.89. The first kappa shape index (κ1) is 29.7. The molecule has 0 aromatic heterocycles. The molecule has 3 rings (SSSR count). The average Bonchev–Trinajstić information content (AvgIpc) is 2.95. The topological polar surface area (TPSA) is 96.0 Å². The van der Waals surface area contributed by atoms with Gasteiger partial charge in [0.1, 0.15) is 18.3 Å². The molecule has 0 bridgehead atoms. The number of hydrogen-bond donors (Lipinski definition) is 1. The second-order valence-electron chi connectivity index (χ2n) is 9.66. The minimum Gasteiger partial charge on any atom is -0.497 e. The van der Waals surface area contributed by atoms with Crippen molar-refractivity contribution in [2.75, 3.05) is 31.0 Å². The Kier molecular flexibility index (Phi) is 10.5. The molecular formula is C30H37N3O5S. The molecule has 0 radical (unpaired) electrons. The molecule has 0 fully saturated rings. The third kappa shape index (κ3) is 8.07. The van der Waals surface area contributed by atoms with E-state index in [-0.39, 0.29) is 29.0 Å². The number of anilines is 1. The van der Waals surface area contributed by atoms with E-state index in [1.165, 1.54) is 24.1 Å². The number of benzene rings is 3. The molecule has 0 aliphatic carbocycles. The lowest BCUT2D eigenvalue weighted by molar-refractivity contribution is -0.138. The zero-order valence-electron chi connectivity index (χ0n) is 22.9. The molecule has 3 aromatic carbocycles.